The molecule has 0 saturated carbocycles. The minimum atomic E-state index is 0.286. The third-order valence-corrected chi connectivity index (χ3v) is 1.42. The number of aromatic nitrogens is 1. The van der Waals surface area contributed by atoms with Crippen LogP contribution in [0.2, 0.25) is 0 Å². The second-order valence-electron chi connectivity index (χ2n) is 2.31. The van der Waals surface area contributed by atoms with Crippen LogP contribution in [0.5, 0.6) is 0 Å². The Morgan fingerprint density at radius 1 is 1.67 bits per heavy atom. The summed E-state index contributed by atoms with van der Waals surface area (Å²) in [6, 6.07) is 3.72. The summed E-state index contributed by atoms with van der Waals surface area (Å²) in [6.45, 7) is 1.89. The van der Waals surface area contributed by atoms with Crippen molar-refractivity contribution in [1.29, 1.82) is 0 Å². The van der Waals surface area contributed by atoms with Gasteiger partial charge in [-0.1, -0.05) is 11.8 Å². The van der Waals surface area contributed by atoms with Crippen molar-refractivity contribution < 1.29 is 4.79 Å². The highest BCUT2D eigenvalue weighted by Gasteiger charge is 1.90. The van der Waals surface area contributed by atoms with Gasteiger partial charge in [0.25, 0.3) is 0 Å². The van der Waals surface area contributed by atoms with Crippen LogP contribution >= 0.6 is 0 Å². The molecule has 2 heteroatoms. The summed E-state index contributed by atoms with van der Waals surface area (Å²) in [5.74, 6) is 5.60. The van der Waals surface area contributed by atoms with Crippen LogP contribution in [0.3, 0.4) is 0 Å². The summed E-state index contributed by atoms with van der Waals surface area (Å²) < 4.78 is 0. The topological polar surface area (TPSA) is 30.0 Å². The molecule has 0 N–H and O–H groups in total. The van der Waals surface area contributed by atoms with Crippen molar-refractivity contribution in [3.8, 4) is 11.8 Å². The Labute approximate surface area is 71.6 Å². The van der Waals surface area contributed by atoms with Crippen LogP contribution in [0.1, 0.15) is 17.7 Å². The van der Waals surface area contributed by atoms with Gasteiger partial charge in [-0.25, -0.2) is 0 Å². The Bertz CT molecular complexity index is 333. The van der Waals surface area contributed by atoms with Crippen LogP contribution in [-0.2, 0) is 4.79 Å². The molecule has 12 heavy (non-hydrogen) atoms. The number of nitrogens with zero attached hydrogens (tertiary/aromatic N) is 1. The molecule has 0 aliphatic heterocycles. The summed E-state index contributed by atoms with van der Waals surface area (Å²) in [5, 5.41) is 0. The number of hydrogen-bond donors (Lipinski definition) is 0. The quantitative estimate of drug-likeness (QED) is 0.457. The molecular formula is C10H9NO. The summed E-state index contributed by atoms with van der Waals surface area (Å²) in [7, 11) is 0. The van der Waals surface area contributed by atoms with Gasteiger partial charge in [-0.15, -0.1) is 0 Å². The molecule has 0 fully saturated rings. The number of aldehydes is 1. The van der Waals surface area contributed by atoms with Crippen molar-refractivity contribution in [1.82, 2.24) is 4.98 Å². The Hall–Kier alpha value is -1.62. The normalized spacial score (nSPS) is 8.42. The molecule has 0 aliphatic carbocycles. The van der Waals surface area contributed by atoms with E-state index in [2.05, 4.69) is 16.8 Å². The maximum atomic E-state index is 9.96. The number of pyridine rings is 1. The van der Waals surface area contributed by atoms with Crippen LogP contribution in [0.4, 0.5) is 0 Å². The van der Waals surface area contributed by atoms with E-state index < -0.39 is 0 Å². The maximum absolute atomic E-state index is 9.96. The SMILES string of the molecule is Cc1ncccc1C#CCC=O. The first-order valence-corrected chi connectivity index (χ1v) is 3.68. The third kappa shape index (κ3) is 2.21. The molecule has 0 aromatic carbocycles. The van der Waals surface area contributed by atoms with Gasteiger partial charge in [-0.2, -0.15) is 0 Å². The second-order valence-corrected chi connectivity index (χ2v) is 2.31. The van der Waals surface area contributed by atoms with Crippen LogP contribution in [0.15, 0.2) is 18.3 Å². The highest BCUT2D eigenvalue weighted by molar-refractivity contribution is 5.55. The second kappa shape index (κ2) is 4.30. The van der Waals surface area contributed by atoms with Crippen LogP contribution in [-0.4, -0.2) is 11.3 Å². The zero-order chi connectivity index (χ0) is 8.81. The molecular weight excluding hydrogens is 150 g/mol. The largest absolute Gasteiger partial charge is 0.302 e. The van der Waals surface area contributed by atoms with Gasteiger partial charge in [-0.05, 0) is 19.1 Å². The Kier molecular flexibility index (Phi) is 3.04. The molecule has 0 bridgehead atoms. The van der Waals surface area contributed by atoms with Crippen molar-refractivity contribution in [2.75, 3.05) is 0 Å². The number of carbonyl (C=O) groups is 1. The van der Waals surface area contributed by atoms with Gasteiger partial charge in [0.2, 0.25) is 0 Å². The average molecular weight is 159 g/mol. The number of rotatable bonds is 1. The molecule has 0 spiro atoms. The molecule has 1 aromatic rings. The van der Waals surface area contributed by atoms with E-state index >= 15 is 0 Å². The lowest BCUT2D eigenvalue weighted by Crippen LogP contribution is -1.84. The molecule has 0 saturated heterocycles. The van der Waals surface area contributed by atoms with E-state index in [1.807, 2.05) is 19.1 Å². The Balaban J connectivity index is 2.84. The fraction of sp³-hybridized carbons (Fsp3) is 0.200. The Morgan fingerprint density at radius 3 is 3.17 bits per heavy atom. The van der Waals surface area contributed by atoms with Crippen molar-refractivity contribution in [3.63, 3.8) is 0 Å². The minimum absolute atomic E-state index is 0.286. The molecule has 0 unspecified atom stereocenters. The van der Waals surface area contributed by atoms with E-state index in [-0.39, 0.29) is 6.42 Å². The lowest BCUT2D eigenvalue weighted by Gasteiger charge is -1.92. The van der Waals surface area contributed by atoms with Gasteiger partial charge >= 0.3 is 0 Å². The lowest BCUT2D eigenvalue weighted by atomic mass is 10.2. The highest BCUT2D eigenvalue weighted by atomic mass is 16.1. The molecule has 1 aromatic heterocycles. The first-order chi connectivity index (χ1) is 5.84. The van der Waals surface area contributed by atoms with Crippen LogP contribution in [0, 0.1) is 18.8 Å². The first kappa shape index (κ1) is 8.48. The smallest absolute Gasteiger partial charge is 0.131 e. The molecule has 0 atom stereocenters. The summed E-state index contributed by atoms with van der Waals surface area (Å²) >= 11 is 0. The maximum Gasteiger partial charge on any atom is 0.131 e. The summed E-state index contributed by atoms with van der Waals surface area (Å²) in [5.41, 5.74) is 1.79. The predicted octanol–water partition coefficient (Wildman–Crippen LogP) is 1.33. The standard InChI is InChI=1S/C10H9NO/c1-9-10(5-2-3-8-12)6-4-7-11-9/h4,6-8H,3H2,1H3. The van der Waals surface area contributed by atoms with Crippen LogP contribution in [0.25, 0.3) is 0 Å². The van der Waals surface area contributed by atoms with Crippen molar-refractivity contribution in [2.45, 2.75) is 13.3 Å². The summed E-state index contributed by atoms with van der Waals surface area (Å²) in [4.78, 5) is 14.0. The highest BCUT2D eigenvalue weighted by Crippen LogP contribution is 2.00. The van der Waals surface area contributed by atoms with Crippen LogP contribution < -0.4 is 0 Å². The van der Waals surface area contributed by atoms with Gasteiger partial charge in [-0.3, -0.25) is 4.98 Å². The van der Waals surface area contributed by atoms with Gasteiger partial charge in [0.1, 0.15) is 6.29 Å². The molecule has 2 nitrogen and oxygen atoms in total. The van der Waals surface area contributed by atoms with E-state index in [1.54, 1.807) is 6.20 Å². The molecule has 60 valence electrons. The van der Waals surface area contributed by atoms with Crippen molar-refractivity contribution >= 4 is 6.29 Å². The molecule has 1 heterocycles. The van der Waals surface area contributed by atoms with E-state index in [0.29, 0.717) is 0 Å². The number of aryl methyl sites for hydroxylation is 1. The Morgan fingerprint density at radius 2 is 2.50 bits per heavy atom. The van der Waals surface area contributed by atoms with Gasteiger partial charge < -0.3 is 4.79 Å². The zero-order valence-corrected chi connectivity index (χ0v) is 6.87. The first-order valence-electron chi connectivity index (χ1n) is 3.68. The van der Waals surface area contributed by atoms with Gasteiger partial charge in [0, 0.05) is 11.8 Å². The fourth-order valence-electron chi connectivity index (χ4n) is 0.804. The molecule has 1 rings (SSSR count). The predicted molar refractivity (Wildman–Crippen MR) is 46.5 cm³/mol. The number of hydrogen-bond acceptors (Lipinski definition) is 2. The summed E-state index contributed by atoms with van der Waals surface area (Å²) in [6.07, 6.45) is 2.80. The van der Waals surface area contributed by atoms with Gasteiger partial charge in [0.05, 0.1) is 12.1 Å². The minimum Gasteiger partial charge on any atom is -0.302 e. The number of carbonyl (C=O) groups excluding carboxylic acids is 1. The molecule has 0 amide bonds. The monoisotopic (exact) mass is 159 g/mol. The lowest BCUT2D eigenvalue weighted by molar-refractivity contribution is -0.107. The fourth-order valence-corrected chi connectivity index (χ4v) is 0.804. The van der Waals surface area contributed by atoms with E-state index in [4.69, 9.17) is 0 Å². The molecule has 0 radical (unpaired) electrons. The zero-order valence-electron chi connectivity index (χ0n) is 6.87. The van der Waals surface area contributed by atoms with Gasteiger partial charge in [0.15, 0.2) is 0 Å². The van der Waals surface area contributed by atoms with E-state index in [1.165, 1.54) is 0 Å². The average Bonchev–Trinajstić information content (AvgIpc) is 2.09. The van der Waals surface area contributed by atoms with E-state index in [0.717, 1.165) is 17.5 Å². The van der Waals surface area contributed by atoms with E-state index in [9.17, 15) is 4.79 Å². The van der Waals surface area contributed by atoms with Crippen molar-refractivity contribution in [2.24, 2.45) is 0 Å². The molecule has 0 aliphatic rings. The third-order valence-electron chi connectivity index (χ3n) is 1.42. The van der Waals surface area contributed by atoms with Crippen molar-refractivity contribution in [3.05, 3.63) is 29.6 Å².